The van der Waals surface area contributed by atoms with Crippen molar-refractivity contribution < 1.29 is 0 Å². The van der Waals surface area contributed by atoms with Gasteiger partial charge in [-0.15, -0.1) is 0 Å². The number of rotatable bonds is 5. The average molecular weight is 277 g/mol. The van der Waals surface area contributed by atoms with Crippen molar-refractivity contribution in [3.63, 3.8) is 0 Å². The van der Waals surface area contributed by atoms with Crippen LogP contribution in [0.25, 0.3) is 16.8 Å². The third-order valence-electron chi connectivity index (χ3n) is 3.37. The van der Waals surface area contributed by atoms with Gasteiger partial charge in [-0.25, -0.2) is 0 Å². The fraction of sp³-hybridized carbons (Fsp3) is 0.250. The molecule has 0 saturated carbocycles. The van der Waals surface area contributed by atoms with Crippen molar-refractivity contribution in [2.75, 3.05) is 0 Å². The van der Waals surface area contributed by atoms with Crippen molar-refractivity contribution in [2.24, 2.45) is 5.92 Å². The largest absolute Gasteiger partial charge is 0.256 e. The summed E-state index contributed by atoms with van der Waals surface area (Å²) < 4.78 is 0. The van der Waals surface area contributed by atoms with E-state index in [0.29, 0.717) is 5.92 Å². The zero-order valence-corrected chi connectivity index (χ0v) is 13.1. The number of pyridine rings is 1. The number of hydrogen-bond donors (Lipinski definition) is 0. The first kappa shape index (κ1) is 15.2. The van der Waals surface area contributed by atoms with E-state index in [0.717, 1.165) is 17.7 Å². The van der Waals surface area contributed by atoms with Crippen LogP contribution in [-0.4, -0.2) is 4.98 Å². The summed E-state index contributed by atoms with van der Waals surface area (Å²) in [6, 6.07) is 14.6. The van der Waals surface area contributed by atoms with Crippen LogP contribution in [0.2, 0.25) is 0 Å². The van der Waals surface area contributed by atoms with Gasteiger partial charge in [0, 0.05) is 11.8 Å². The minimum Gasteiger partial charge on any atom is -0.256 e. The third kappa shape index (κ3) is 4.42. The molecule has 0 saturated heterocycles. The van der Waals surface area contributed by atoms with Crippen molar-refractivity contribution in [3.05, 3.63) is 72.5 Å². The zero-order chi connectivity index (χ0) is 15.1. The van der Waals surface area contributed by atoms with E-state index < -0.39 is 0 Å². The van der Waals surface area contributed by atoms with E-state index in [1.807, 2.05) is 24.4 Å². The quantitative estimate of drug-likeness (QED) is 0.634. The fourth-order valence-electron chi connectivity index (χ4n) is 2.22. The standard InChI is InChI=1S/C20H23N/c1-4-17(10-7-9-16(2)3)18-11-8-12-19(15-18)20-13-5-6-14-21-20/h4-8,10-16H,9H2,1-3H3/b10-7-,17-4+. The van der Waals surface area contributed by atoms with Crippen molar-refractivity contribution in [1.82, 2.24) is 4.98 Å². The molecule has 1 heterocycles. The molecule has 0 radical (unpaired) electrons. The average Bonchev–Trinajstić information content (AvgIpc) is 2.52. The lowest BCUT2D eigenvalue weighted by atomic mass is 10.00. The van der Waals surface area contributed by atoms with E-state index in [1.165, 1.54) is 11.1 Å². The summed E-state index contributed by atoms with van der Waals surface area (Å²) in [7, 11) is 0. The smallest absolute Gasteiger partial charge is 0.0702 e. The second-order valence-corrected chi connectivity index (χ2v) is 5.57. The summed E-state index contributed by atoms with van der Waals surface area (Å²) in [5.74, 6) is 0.694. The Morgan fingerprint density at radius 2 is 2.00 bits per heavy atom. The van der Waals surface area contributed by atoms with Gasteiger partial charge in [0.2, 0.25) is 0 Å². The lowest BCUT2D eigenvalue weighted by molar-refractivity contribution is 0.664. The highest BCUT2D eigenvalue weighted by atomic mass is 14.7. The number of benzene rings is 1. The molecule has 1 aromatic carbocycles. The molecule has 1 nitrogen and oxygen atoms in total. The summed E-state index contributed by atoms with van der Waals surface area (Å²) in [5, 5.41) is 0. The van der Waals surface area contributed by atoms with E-state index in [9.17, 15) is 0 Å². The summed E-state index contributed by atoms with van der Waals surface area (Å²) in [6.45, 7) is 6.56. The zero-order valence-electron chi connectivity index (χ0n) is 13.1. The van der Waals surface area contributed by atoms with Gasteiger partial charge < -0.3 is 0 Å². The van der Waals surface area contributed by atoms with Crippen LogP contribution in [0.15, 0.2) is 66.9 Å². The van der Waals surface area contributed by atoms with E-state index in [1.54, 1.807) is 0 Å². The lowest BCUT2D eigenvalue weighted by Crippen LogP contribution is -1.86. The minimum atomic E-state index is 0.694. The maximum absolute atomic E-state index is 4.42. The van der Waals surface area contributed by atoms with Gasteiger partial charge in [-0.3, -0.25) is 4.98 Å². The van der Waals surface area contributed by atoms with E-state index >= 15 is 0 Å². The Hall–Kier alpha value is -2.15. The molecule has 0 unspecified atom stereocenters. The van der Waals surface area contributed by atoms with Crippen LogP contribution in [-0.2, 0) is 0 Å². The Morgan fingerprint density at radius 3 is 2.67 bits per heavy atom. The molecule has 0 atom stereocenters. The number of aromatic nitrogens is 1. The molecule has 0 aliphatic rings. The van der Waals surface area contributed by atoms with Crippen LogP contribution in [0.1, 0.15) is 32.8 Å². The highest BCUT2D eigenvalue weighted by Crippen LogP contribution is 2.23. The third-order valence-corrected chi connectivity index (χ3v) is 3.37. The maximum Gasteiger partial charge on any atom is 0.0702 e. The Balaban J connectivity index is 2.26. The van der Waals surface area contributed by atoms with Gasteiger partial charge >= 0.3 is 0 Å². The summed E-state index contributed by atoms with van der Waals surface area (Å²) in [5.41, 5.74) is 4.67. The van der Waals surface area contributed by atoms with Gasteiger partial charge in [0.25, 0.3) is 0 Å². The predicted molar refractivity (Wildman–Crippen MR) is 91.9 cm³/mol. The van der Waals surface area contributed by atoms with Crippen LogP contribution in [0.5, 0.6) is 0 Å². The second kappa shape index (κ2) is 7.58. The first-order valence-electron chi connectivity index (χ1n) is 7.55. The van der Waals surface area contributed by atoms with E-state index in [4.69, 9.17) is 0 Å². The Bertz CT molecular complexity index is 621. The molecule has 2 rings (SSSR count). The molecule has 108 valence electrons. The van der Waals surface area contributed by atoms with Crippen molar-refractivity contribution in [3.8, 4) is 11.3 Å². The van der Waals surface area contributed by atoms with Gasteiger partial charge in [-0.2, -0.15) is 0 Å². The van der Waals surface area contributed by atoms with Crippen LogP contribution in [0.3, 0.4) is 0 Å². The normalized spacial score (nSPS) is 12.3. The van der Waals surface area contributed by atoms with Crippen LogP contribution < -0.4 is 0 Å². The molecule has 1 aromatic heterocycles. The van der Waals surface area contributed by atoms with Crippen LogP contribution >= 0.6 is 0 Å². The van der Waals surface area contributed by atoms with E-state index in [-0.39, 0.29) is 0 Å². The molecule has 0 spiro atoms. The molecule has 2 aromatic rings. The summed E-state index contributed by atoms with van der Waals surface area (Å²) in [4.78, 5) is 4.42. The number of hydrogen-bond acceptors (Lipinski definition) is 1. The summed E-state index contributed by atoms with van der Waals surface area (Å²) >= 11 is 0. The molecule has 0 fully saturated rings. The van der Waals surface area contributed by atoms with Gasteiger partial charge in [0.1, 0.15) is 0 Å². The highest BCUT2D eigenvalue weighted by molar-refractivity contribution is 5.76. The molecule has 21 heavy (non-hydrogen) atoms. The van der Waals surface area contributed by atoms with Crippen LogP contribution in [0.4, 0.5) is 0 Å². The minimum absolute atomic E-state index is 0.694. The fourth-order valence-corrected chi connectivity index (χ4v) is 2.22. The van der Waals surface area contributed by atoms with Gasteiger partial charge in [0.15, 0.2) is 0 Å². The Morgan fingerprint density at radius 1 is 1.14 bits per heavy atom. The monoisotopic (exact) mass is 277 g/mol. The number of allylic oxidation sites excluding steroid dienone is 4. The predicted octanol–water partition coefficient (Wildman–Crippen LogP) is 5.75. The SMILES string of the molecule is C/C=C(\C=C/CC(C)C)c1cccc(-c2ccccn2)c1. The van der Waals surface area contributed by atoms with Gasteiger partial charge in [0.05, 0.1) is 5.69 Å². The Labute approximate surface area is 128 Å². The summed E-state index contributed by atoms with van der Waals surface area (Å²) in [6.07, 6.45) is 9.58. The molecule has 0 aliphatic carbocycles. The molecular weight excluding hydrogens is 254 g/mol. The molecule has 1 heteroatoms. The van der Waals surface area contributed by atoms with Crippen molar-refractivity contribution >= 4 is 5.57 Å². The molecule has 0 aliphatic heterocycles. The maximum atomic E-state index is 4.42. The first-order valence-corrected chi connectivity index (χ1v) is 7.55. The van der Waals surface area contributed by atoms with Gasteiger partial charge in [-0.1, -0.05) is 56.3 Å². The molecule has 0 amide bonds. The molecule has 0 N–H and O–H groups in total. The number of nitrogens with zero attached hydrogens (tertiary/aromatic N) is 1. The van der Waals surface area contributed by atoms with Crippen molar-refractivity contribution in [2.45, 2.75) is 27.2 Å². The van der Waals surface area contributed by atoms with Crippen molar-refractivity contribution in [1.29, 1.82) is 0 Å². The van der Waals surface area contributed by atoms with Gasteiger partial charge in [-0.05, 0) is 48.6 Å². The first-order chi connectivity index (χ1) is 10.2. The topological polar surface area (TPSA) is 12.9 Å². The second-order valence-electron chi connectivity index (χ2n) is 5.57. The Kier molecular flexibility index (Phi) is 5.51. The van der Waals surface area contributed by atoms with Crippen LogP contribution in [0, 0.1) is 5.92 Å². The molecular formula is C20H23N. The molecule has 0 bridgehead atoms. The lowest BCUT2D eigenvalue weighted by Gasteiger charge is -2.06. The van der Waals surface area contributed by atoms with E-state index in [2.05, 4.69) is 68.2 Å². The highest BCUT2D eigenvalue weighted by Gasteiger charge is 2.02.